The Balaban J connectivity index is 1.74. The minimum atomic E-state index is -1.28. The molecule has 1 fully saturated rings. The summed E-state index contributed by atoms with van der Waals surface area (Å²) in [5, 5.41) is 14.3. The summed E-state index contributed by atoms with van der Waals surface area (Å²) in [6.45, 7) is 0.359. The van der Waals surface area contributed by atoms with E-state index in [1.807, 2.05) is 17.0 Å². The maximum atomic E-state index is 13.8. The van der Waals surface area contributed by atoms with Crippen LogP contribution >= 0.6 is 15.9 Å². The zero-order chi connectivity index (χ0) is 22.6. The zero-order valence-corrected chi connectivity index (χ0v) is 18.5. The third-order valence-electron chi connectivity index (χ3n) is 6.47. The number of nitrogens with zero attached hydrogens (tertiary/aromatic N) is 2. The van der Waals surface area contributed by atoms with Crippen molar-refractivity contribution in [3.8, 4) is 0 Å². The molecule has 5 rings (SSSR count). The van der Waals surface area contributed by atoms with Crippen molar-refractivity contribution in [2.45, 2.75) is 11.5 Å². The number of non-ortho nitro benzene ring substituents is 1. The van der Waals surface area contributed by atoms with Gasteiger partial charge >= 0.3 is 0 Å². The summed E-state index contributed by atoms with van der Waals surface area (Å²) in [5.74, 6) is -1.79. The Labute approximate surface area is 191 Å². The van der Waals surface area contributed by atoms with Crippen LogP contribution in [0, 0.1) is 16.0 Å². The number of furan rings is 1. The molecule has 0 saturated carbocycles. The molecule has 162 valence electrons. The van der Waals surface area contributed by atoms with E-state index in [9.17, 15) is 19.7 Å². The highest BCUT2D eigenvalue weighted by Gasteiger charge is 2.64. The van der Waals surface area contributed by atoms with Gasteiger partial charge in [0.15, 0.2) is 5.76 Å². The largest absolute Gasteiger partial charge is 0.461 e. The number of ketones is 1. The summed E-state index contributed by atoms with van der Waals surface area (Å²) in [6, 6.07) is 14.9. The molecule has 1 aromatic heterocycles. The fourth-order valence-electron chi connectivity index (χ4n) is 5.15. The highest BCUT2D eigenvalue weighted by atomic mass is 79.9. The molecule has 32 heavy (non-hydrogen) atoms. The van der Waals surface area contributed by atoms with Gasteiger partial charge in [0.2, 0.25) is 11.7 Å². The Kier molecular flexibility index (Phi) is 4.75. The predicted octanol–water partition coefficient (Wildman–Crippen LogP) is 4.33. The average Bonchev–Trinajstić information content (AvgIpc) is 3.47. The van der Waals surface area contributed by atoms with E-state index in [-0.39, 0.29) is 23.1 Å². The van der Waals surface area contributed by atoms with E-state index < -0.39 is 22.3 Å². The lowest BCUT2D eigenvalue weighted by atomic mass is 9.71. The minimum Gasteiger partial charge on any atom is -0.461 e. The summed E-state index contributed by atoms with van der Waals surface area (Å²) < 4.78 is 6.20. The molecule has 3 heterocycles. The van der Waals surface area contributed by atoms with Crippen molar-refractivity contribution < 1.29 is 18.9 Å². The van der Waals surface area contributed by atoms with Gasteiger partial charge in [0.1, 0.15) is 5.54 Å². The number of fused-ring (bicyclic) bond motifs is 2. The first-order valence-corrected chi connectivity index (χ1v) is 10.8. The number of nitro benzene ring substituents is 1. The molecule has 1 amide bonds. The summed E-state index contributed by atoms with van der Waals surface area (Å²) in [6.07, 6.45) is 1.42. The normalized spacial score (nSPS) is 24.5. The number of nitro groups is 1. The van der Waals surface area contributed by atoms with Gasteiger partial charge in [-0.15, -0.1) is 0 Å². The Hall–Kier alpha value is -3.30. The molecule has 2 aliphatic heterocycles. The van der Waals surface area contributed by atoms with Gasteiger partial charge in [0.25, 0.3) is 5.69 Å². The van der Waals surface area contributed by atoms with Crippen molar-refractivity contribution in [1.82, 2.24) is 4.90 Å². The number of likely N-dealkylation sites (tertiary alicyclic amines) is 1. The quantitative estimate of drug-likeness (QED) is 0.328. The maximum Gasteiger partial charge on any atom is 0.269 e. The second kappa shape index (κ2) is 7.39. The number of halogens is 1. The molecular formula is C23H18BrN3O5. The number of Topliss-reactive ketones (excluding diaryl/α,β-unsaturated/α-hetero) is 1. The molecule has 1 N–H and O–H groups in total. The lowest BCUT2D eigenvalue weighted by Gasteiger charge is -2.35. The molecule has 0 radical (unpaired) electrons. The van der Waals surface area contributed by atoms with E-state index in [1.165, 1.54) is 18.4 Å². The number of carbonyl (C=O) groups is 2. The van der Waals surface area contributed by atoms with Gasteiger partial charge in [0, 0.05) is 40.3 Å². The predicted molar refractivity (Wildman–Crippen MR) is 119 cm³/mol. The van der Waals surface area contributed by atoms with Crippen molar-refractivity contribution in [3.63, 3.8) is 0 Å². The zero-order valence-electron chi connectivity index (χ0n) is 16.9. The first-order valence-electron chi connectivity index (χ1n) is 9.99. The Bertz CT molecular complexity index is 1260. The van der Waals surface area contributed by atoms with E-state index in [4.69, 9.17) is 4.42 Å². The standard InChI is InChI=1S/C23H18BrN3O5/c1-26-12-16(13-4-2-5-15(10-13)27(30)31)20(21(28)19-6-3-9-32-19)23(26)17-11-14(24)7-8-18(17)25-22(23)29/h2-11,16,20H,12H2,1H3,(H,25,29)/t16-,20?,23-/m1/s1. The summed E-state index contributed by atoms with van der Waals surface area (Å²) in [7, 11) is 1.80. The number of rotatable bonds is 4. The molecule has 0 aliphatic carbocycles. The lowest BCUT2D eigenvalue weighted by Crippen LogP contribution is -2.51. The van der Waals surface area contributed by atoms with Crippen LogP contribution in [0.5, 0.6) is 0 Å². The van der Waals surface area contributed by atoms with Gasteiger partial charge in [-0.1, -0.05) is 28.1 Å². The number of hydrogen-bond donors (Lipinski definition) is 1. The van der Waals surface area contributed by atoms with Gasteiger partial charge in [-0.05, 0) is 42.9 Å². The number of benzene rings is 2. The van der Waals surface area contributed by atoms with Gasteiger partial charge < -0.3 is 9.73 Å². The van der Waals surface area contributed by atoms with Crippen LogP contribution in [0.3, 0.4) is 0 Å². The summed E-state index contributed by atoms with van der Waals surface area (Å²) in [4.78, 5) is 40.2. The van der Waals surface area contributed by atoms with Crippen molar-refractivity contribution in [2.24, 2.45) is 5.92 Å². The number of nitrogens with one attached hydrogen (secondary N) is 1. The summed E-state index contributed by atoms with van der Waals surface area (Å²) in [5.41, 5.74) is 0.621. The monoisotopic (exact) mass is 495 g/mol. The average molecular weight is 496 g/mol. The number of likely N-dealkylation sites (N-methyl/N-ethyl adjacent to an activating group) is 1. The molecule has 9 heteroatoms. The molecule has 2 aromatic carbocycles. The van der Waals surface area contributed by atoms with Gasteiger partial charge in [-0.25, -0.2) is 0 Å². The molecule has 3 aromatic rings. The Morgan fingerprint density at radius 1 is 1.25 bits per heavy atom. The molecule has 1 spiro atoms. The van der Waals surface area contributed by atoms with Crippen LogP contribution in [0.25, 0.3) is 0 Å². The molecule has 1 unspecified atom stereocenters. The van der Waals surface area contributed by atoms with E-state index in [0.717, 1.165) is 4.47 Å². The number of anilines is 1. The smallest absolute Gasteiger partial charge is 0.269 e. The van der Waals surface area contributed by atoms with Crippen molar-refractivity contribution in [1.29, 1.82) is 0 Å². The molecule has 2 aliphatic rings. The second-order valence-electron chi connectivity index (χ2n) is 8.07. The molecule has 3 atom stereocenters. The van der Waals surface area contributed by atoms with Crippen LogP contribution in [0.15, 0.2) is 69.8 Å². The highest BCUT2D eigenvalue weighted by Crippen LogP contribution is 2.56. The third-order valence-corrected chi connectivity index (χ3v) is 6.96. The second-order valence-corrected chi connectivity index (χ2v) is 8.98. The van der Waals surface area contributed by atoms with Crippen molar-refractivity contribution >= 4 is 39.0 Å². The van der Waals surface area contributed by atoms with Crippen LogP contribution in [0.2, 0.25) is 0 Å². The first kappa shape index (κ1) is 20.6. The van der Waals surface area contributed by atoms with Gasteiger partial charge in [0.05, 0.1) is 17.1 Å². The SMILES string of the molecule is CN1C[C@H](c2cccc([N+](=O)[O-])c2)C(C(=O)c2ccco2)[C@]12C(=O)Nc1ccc(Br)cc12. The molecule has 8 nitrogen and oxygen atoms in total. The highest BCUT2D eigenvalue weighted by molar-refractivity contribution is 9.10. The lowest BCUT2D eigenvalue weighted by molar-refractivity contribution is -0.384. The Morgan fingerprint density at radius 3 is 2.78 bits per heavy atom. The molecular weight excluding hydrogens is 478 g/mol. The minimum absolute atomic E-state index is 0.0608. The van der Waals surface area contributed by atoms with Gasteiger partial charge in [-0.2, -0.15) is 0 Å². The fraction of sp³-hybridized carbons (Fsp3) is 0.217. The van der Waals surface area contributed by atoms with Crippen LogP contribution in [0.1, 0.15) is 27.6 Å². The topological polar surface area (TPSA) is 106 Å². The number of hydrogen-bond acceptors (Lipinski definition) is 6. The molecule has 1 saturated heterocycles. The van der Waals surface area contributed by atoms with Crippen molar-refractivity contribution in [3.05, 3.63) is 92.3 Å². The van der Waals surface area contributed by atoms with Crippen LogP contribution in [-0.4, -0.2) is 35.1 Å². The summed E-state index contributed by atoms with van der Waals surface area (Å²) >= 11 is 3.48. The van der Waals surface area contributed by atoms with Crippen LogP contribution < -0.4 is 5.32 Å². The maximum absolute atomic E-state index is 13.8. The van der Waals surface area contributed by atoms with Crippen LogP contribution in [-0.2, 0) is 10.3 Å². The van der Waals surface area contributed by atoms with E-state index in [2.05, 4.69) is 21.2 Å². The van der Waals surface area contributed by atoms with E-state index >= 15 is 0 Å². The molecule has 0 bridgehead atoms. The van der Waals surface area contributed by atoms with Gasteiger partial charge in [-0.3, -0.25) is 24.6 Å². The fourth-order valence-corrected chi connectivity index (χ4v) is 5.51. The number of amides is 1. The Morgan fingerprint density at radius 2 is 2.06 bits per heavy atom. The van der Waals surface area contributed by atoms with E-state index in [1.54, 1.807) is 37.4 Å². The third kappa shape index (κ3) is 2.85. The number of carbonyl (C=O) groups excluding carboxylic acids is 2. The van der Waals surface area contributed by atoms with Crippen molar-refractivity contribution in [2.75, 3.05) is 18.9 Å². The first-order chi connectivity index (χ1) is 15.3. The van der Waals surface area contributed by atoms with E-state index in [0.29, 0.717) is 23.4 Å². The van der Waals surface area contributed by atoms with Crippen LogP contribution in [0.4, 0.5) is 11.4 Å².